The molecule has 3 heterocycles. The summed E-state index contributed by atoms with van der Waals surface area (Å²) in [7, 11) is 0. The molecule has 9 nitrogen and oxygen atoms in total. The van der Waals surface area contributed by atoms with Gasteiger partial charge in [0.1, 0.15) is 28.6 Å². The van der Waals surface area contributed by atoms with Crippen molar-refractivity contribution in [3.63, 3.8) is 0 Å². The average molecular weight is 546 g/mol. The van der Waals surface area contributed by atoms with Crippen molar-refractivity contribution >= 4 is 45.1 Å². The first-order chi connectivity index (χ1) is 18.7. The molecule has 0 aliphatic rings. The van der Waals surface area contributed by atoms with Crippen LogP contribution in [0.4, 0.5) is 0 Å². The molecule has 5 aromatic rings. The lowest BCUT2D eigenvalue weighted by Crippen LogP contribution is -2.47. The van der Waals surface area contributed by atoms with Gasteiger partial charge in [0, 0.05) is 40.7 Å². The molecule has 3 aromatic heterocycles. The van der Waals surface area contributed by atoms with Gasteiger partial charge in [0.25, 0.3) is 5.91 Å². The molecule has 0 bridgehead atoms. The number of nitrogens with one attached hydrogen (secondary N) is 2. The van der Waals surface area contributed by atoms with Gasteiger partial charge < -0.3 is 24.6 Å². The summed E-state index contributed by atoms with van der Waals surface area (Å²) in [5, 5.41) is 16.1. The molecular weight excluding hydrogens is 518 g/mol. The number of hydrogen-bond acceptors (Lipinski definition) is 7. The topological polar surface area (TPSA) is 135 Å². The zero-order chi connectivity index (χ0) is 27.7. The van der Waals surface area contributed by atoms with Crippen LogP contribution in [0.5, 0.6) is 5.75 Å². The van der Waals surface area contributed by atoms with Crippen molar-refractivity contribution in [3.05, 3.63) is 81.3 Å². The third-order valence-electron chi connectivity index (χ3n) is 6.57. The summed E-state index contributed by atoms with van der Waals surface area (Å²) in [6.07, 6.45) is 2.79. The van der Waals surface area contributed by atoms with Crippen LogP contribution in [-0.4, -0.2) is 39.1 Å². The molecule has 10 heteroatoms. The highest BCUT2D eigenvalue weighted by atomic mass is 32.1. The van der Waals surface area contributed by atoms with Crippen LogP contribution >= 0.6 is 11.3 Å². The van der Waals surface area contributed by atoms with Gasteiger partial charge >= 0.3 is 5.97 Å². The Labute approximate surface area is 227 Å². The van der Waals surface area contributed by atoms with Gasteiger partial charge in [-0.25, -0.2) is 9.78 Å². The lowest BCUT2D eigenvalue weighted by Gasteiger charge is -2.20. The summed E-state index contributed by atoms with van der Waals surface area (Å²) in [6.45, 7) is 5.32. The molecule has 5 rings (SSSR count). The summed E-state index contributed by atoms with van der Waals surface area (Å²) in [5.74, 6) is -1.33. The van der Waals surface area contributed by atoms with Crippen LogP contribution in [-0.2, 0) is 22.4 Å². The minimum Gasteiger partial charge on any atom is -0.480 e. The fraction of sp³-hybridized carbons (Fsp3) is 0.241. The smallest absolute Gasteiger partial charge is 0.326 e. The van der Waals surface area contributed by atoms with Crippen molar-refractivity contribution in [1.82, 2.24) is 15.3 Å². The molecule has 0 fully saturated rings. The minimum atomic E-state index is -1.14. The average Bonchev–Trinajstić information content (AvgIpc) is 3.54. The summed E-state index contributed by atoms with van der Waals surface area (Å²) in [4.78, 5) is 45.7. The van der Waals surface area contributed by atoms with Gasteiger partial charge in [0.2, 0.25) is 5.43 Å². The molecule has 2 atom stereocenters. The van der Waals surface area contributed by atoms with Crippen molar-refractivity contribution < 1.29 is 23.8 Å². The number of para-hydroxylation sites is 1. The standard InChI is InChI=1S/C29H27N3O6S/c1-4-17-9-20-25(37-13-21(26(20)33)28-31-15(2)14-39-28)11-24(17)38-16(3)27(34)32-23(29(35)36)10-18-12-30-22-8-6-5-7-19(18)22/h5-9,11-14,16,23,30H,4,10H2,1-3H3,(H,32,34)(H,35,36)/t16-,23+/m1/s1. The van der Waals surface area contributed by atoms with Gasteiger partial charge in [-0.2, -0.15) is 0 Å². The number of ether oxygens (including phenoxy) is 1. The fourth-order valence-corrected chi connectivity index (χ4v) is 5.27. The van der Waals surface area contributed by atoms with Crippen molar-refractivity contribution in [1.29, 1.82) is 0 Å². The Morgan fingerprint density at radius 1 is 1.21 bits per heavy atom. The number of thiazole rings is 1. The van der Waals surface area contributed by atoms with E-state index in [0.29, 0.717) is 33.7 Å². The predicted octanol–water partition coefficient (Wildman–Crippen LogP) is 4.85. The minimum absolute atomic E-state index is 0.111. The Morgan fingerprint density at radius 2 is 2.00 bits per heavy atom. The Balaban J connectivity index is 1.35. The van der Waals surface area contributed by atoms with E-state index in [0.717, 1.165) is 27.7 Å². The van der Waals surface area contributed by atoms with Crippen molar-refractivity contribution in [2.24, 2.45) is 0 Å². The molecule has 0 aliphatic heterocycles. The monoisotopic (exact) mass is 545 g/mol. The molecule has 200 valence electrons. The number of carbonyl (C=O) groups is 2. The van der Waals surface area contributed by atoms with Gasteiger partial charge in [0.05, 0.1) is 10.9 Å². The number of carboxylic acid groups (broad SMARTS) is 1. The number of benzene rings is 2. The molecular formula is C29H27N3O6S. The molecule has 2 aromatic carbocycles. The highest BCUT2D eigenvalue weighted by molar-refractivity contribution is 7.13. The lowest BCUT2D eigenvalue weighted by atomic mass is 10.0. The number of H-pyrrole nitrogens is 1. The number of aromatic nitrogens is 2. The predicted molar refractivity (Wildman–Crippen MR) is 149 cm³/mol. The number of amides is 1. The maximum atomic E-state index is 13.2. The van der Waals surface area contributed by atoms with Crippen LogP contribution in [0.25, 0.3) is 32.4 Å². The zero-order valence-electron chi connectivity index (χ0n) is 21.6. The van der Waals surface area contributed by atoms with Crippen LogP contribution in [0.2, 0.25) is 0 Å². The Hall–Kier alpha value is -4.44. The van der Waals surface area contributed by atoms with Crippen LogP contribution in [0.15, 0.2) is 63.4 Å². The van der Waals surface area contributed by atoms with Crippen LogP contribution in [0, 0.1) is 6.92 Å². The Kier molecular flexibility index (Phi) is 7.21. The lowest BCUT2D eigenvalue weighted by molar-refractivity contribution is -0.142. The molecule has 0 unspecified atom stereocenters. The fourth-order valence-electron chi connectivity index (χ4n) is 4.47. The van der Waals surface area contributed by atoms with Gasteiger partial charge in [-0.3, -0.25) is 9.59 Å². The first-order valence-corrected chi connectivity index (χ1v) is 13.4. The van der Waals surface area contributed by atoms with Crippen LogP contribution < -0.4 is 15.5 Å². The van der Waals surface area contributed by atoms with E-state index in [1.54, 1.807) is 25.3 Å². The van der Waals surface area contributed by atoms with E-state index in [-0.39, 0.29) is 11.8 Å². The number of carbonyl (C=O) groups excluding carboxylic acids is 1. The molecule has 0 saturated heterocycles. The first kappa shape index (κ1) is 26.2. The molecule has 0 radical (unpaired) electrons. The first-order valence-electron chi connectivity index (χ1n) is 12.5. The number of hydrogen-bond donors (Lipinski definition) is 3. The third kappa shape index (κ3) is 5.28. The molecule has 3 N–H and O–H groups in total. The molecule has 0 saturated carbocycles. The van der Waals surface area contributed by atoms with E-state index in [2.05, 4.69) is 15.3 Å². The quantitative estimate of drug-likeness (QED) is 0.241. The van der Waals surface area contributed by atoms with Gasteiger partial charge in [-0.05, 0) is 43.5 Å². The Bertz CT molecular complexity index is 1750. The van der Waals surface area contributed by atoms with Crippen molar-refractivity contribution in [2.75, 3.05) is 0 Å². The molecule has 1 amide bonds. The van der Waals surface area contributed by atoms with E-state index in [1.165, 1.54) is 17.6 Å². The second-order valence-corrected chi connectivity index (χ2v) is 10.2. The highest BCUT2D eigenvalue weighted by Crippen LogP contribution is 2.29. The molecule has 0 aliphatic carbocycles. The van der Waals surface area contributed by atoms with E-state index >= 15 is 0 Å². The number of fused-ring (bicyclic) bond motifs is 2. The van der Waals surface area contributed by atoms with Crippen molar-refractivity contribution in [2.45, 2.75) is 45.8 Å². The molecule has 0 spiro atoms. The zero-order valence-corrected chi connectivity index (χ0v) is 22.4. The number of rotatable bonds is 9. The van der Waals surface area contributed by atoms with E-state index in [9.17, 15) is 19.5 Å². The largest absolute Gasteiger partial charge is 0.480 e. The normalized spacial score (nSPS) is 12.9. The summed E-state index contributed by atoms with van der Waals surface area (Å²) >= 11 is 1.37. The summed E-state index contributed by atoms with van der Waals surface area (Å²) in [6, 6.07) is 9.73. The van der Waals surface area contributed by atoms with Crippen molar-refractivity contribution in [3.8, 4) is 16.3 Å². The number of aromatic amines is 1. The number of carboxylic acids is 1. The van der Waals surface area contributed by atoms with Gasteiger partial charge in [0.15, 0.2) is 6.10 Å². The van der Waals surface area contributed by atoms with Gasteiger partial charge in [-0.1, -0.05) is 25.1 Å². The maximum absolute atomic E-state index is 13.2. The Morgan fingerprint density at radius 3 is 2.72 bits per heavy atom. The second-order valence-electron chi connectivity index (χ2n) is 9.31. The third-order valence-corrected chi connectivity index (χ3v) is 7.57. The van der Waals surface area contributed by atoms with E-state index < -0.39 is 24.0 Å². The van der Waals surface area contributed by atoms with Crippen LogP contribution in [0.3, 0.4) is 0 Å². The summed E-state index contributed by atoms with van der Waals surface area (Å²) in [5.41, 5.74) is 3.74. The van der Waals surface area contributed by atoms with Gasteiger partial charge in [-0.15, -0.1) is 11.3 Å². The highest BCUT2D eigenvalue weighted by Gasteiger charge is 2.26. The van der Waals surface area contributed by atoms with E-state index in [4.69, 9.17) is 9.15 Å². The number of nitrogens with zero attached hydrogens (tertiary/aromatic N) is 1. The number of aryl methyl sites for hydroxylation is 2. The maximum Gasteiger partial charge on any atom is 0.326 e. The van der Waals surface area contributed by atoms with Crippen LogP contribution in [0.1, 0.15) is 30.7 Å². The second kappa shape index (κ2) is 10.7. The molecule has 39 heavy (non-hydrogen) atoms. The van der Waals surface area contributed by atoms with E-state index in [1.807, 2.05) is 43.5 Å². The SMILES string of the molecule is CCc1cc2c(=O)c(-c3nc(C)cs3)coc2cc1O[C@H](C)C(=O)N[C@@H](Cc1c[nH]c2ccccc12)C(=O)O. The number of aliphatic carboxylic acids is 1. The summed E-state index contributed by atoms with van der Waals surface area (Å²) < 4.78 is 11.7.